The van der Waals surface area contributed by atoms with Crippen LogP contribution < -0.4 is 19.7 Å². The number of carbonyl (C=O) groups excluding carboxylic acids is 3. The maximum absolute atomic E-state index is 12.6. The van der Waals surface area contributed by atoms with E-state index >= 15 is 0 Å². The Morgan fingerprint density at radius 1 is 0.971 bits per heavy atom. The number of thioether (sulfide) groups is 1. The molecule has 1 N–H and O–H groups in total. The van der Waals surface area contributed by atoms with Crippen LogP contribution in [0.1, 0.15) is 5.56 Å². The van der Waals surface area contributed by atoms with Gasteiger partial charge in [0.25, 0.3) is 5.24 Å². The molecule has 1 atom stereocenters. The summed E-state index contributed by atoms with van der Waals surface area (Å²) in [6.45, 7) is 1.46. The molecule has 2 aromatic carbocycles. The molecule has 0 aliphatic carbocycles. The van der Waals surface area contributed by atoms with Crippen LogP contribution in [0.3, 0.4) is 0 Å². The van der Waals surface area contributed by atoms with Gasteiger partial charge in [-0.2, -0.15) is 0 Å². The Kier molecular flexibility index (Phi) is 6.87. The molecule has 2 aliphatic heterocycles. The molecule has 0 bridgehead atoms. The lowest BCUT2D eigenvalue weighted by molar-refractivity contribution is -0.274. The van der Waals surface area contributed by atoms with E-state index in [1.807, 2.05) is 12.1 Å². The summed E-state index contributed by atoms with van der Waals surface area (Å²) >= 11 is 0.978. The number of anilines is 1. The first kappa shape index (κ1) is 23.7. The highest BCUT2D eigenvalue weighted by molar-refractivity contribution is 8.15. The van der Waals surface area contributed by atoms with Gasteiger partial charge in [0.2, 0.25) is 5.91 Å². The molecule has 2 heterocycles. The molecule has 1 unspecified atom stereocenters. The minimum atomic E-state index is -4.77. The van der Waals surface area contributed by atoms with E-state index in [4.69, 9.17) is 4.74 Å². The lowest BCUT2D eigenvalue weighted by Gasteiger charge is -2.19. The molecular formula is C22H20F3N3O5S. The SMILES string of the molecule is O=C1NC(=O)C(Cc2ccc(OCCN3CCN(c4ccc(OC(F)(F)F)cc4)C3=O)cc2)S1. The van der Waals surface area contributed by atoms with Crippen LogP contribution in [0.5, 0.6) is 11.5 Å². The molecule has 0 radical (unpaired) electrons. The van der Waals surface area contributed by atoms with Gasteiger partial charge >= 0.3 is 12.4 Å². The minimum absolute atomic E-state index is 0.257. The number of halogens is 3. The summed E-state index contributed by atoms with van der Waals surface area (Å²) in [7, 11) is 0. The quantitative estimate of drug-likeness (QED) is 0.600. The van der Waals surface area contributed by atoms with E-state index < -0.39 is 11.6 Å². The maximum atomic E-state index is 12.6. The first-order valence-electron chi connectivity index (χ1n) is 10.3. The van der Waals surface area contributed by atoms with Crippen molar-refractivity contribution in [3.05, 3.63) is 54.1 Å². The average Bonchev–Trinajstić information content (AvgIpc) is 3.29. The molecule has 34 heavy (non-hydrogen) atoms. The first-order chi connectivity index (χ1) is 16.2. The molecular weight excluding hydrogens is 475 g/mol. The second-order valence-electron chi connectivity index (χ2n) is 7.54. The van der Waals surface area contributed by atoms with Gasteiger partial charge < -0.3 is 14.4 Å². The van der Waals surface area contributed by atoms with Gasteiger partial charge in [0.15, 0.2) is 0 Å². The van der Waals surface area contributed by atoms with E-state index in [0.717, 1.165) is 17.3 Å². The number of carbonyl (C=O) groups is 3. The maximum Gasteiger partial charge on any atom is 0.573 e. The van der Waals surface area contributed by atoms with Crippen molar-refractivity contribution < 1.29 is 37.0 Å². The molecule has 0 saturated carbocycles. The van der Waals surface area contributed by atoms with Gasteiger partial charge in [0, 0.05) is 18.8 Å². The Labute approximate surface area is 197 Å². The number of rotatable bonds is 8. The third-order valence-electron chi connectivity index (χ3n) is 5.22. The van der Waals surface area contributed by atoms with Crippen molar-refractivity contribution in [1.82, 2.24) is 10.2 Å². The fourth-order valence-electron chi connectivity index (χ4n) is 3.59. The summed E-state index contributed by atoms with van der Waals surface area (Å²) in [6, 6.07) is 12.1. The normalized spacial score (nSPS) is 18.4. The van der Waals surface area contributed by atoms with E-state index in [1.165, 1.54) is 29.2 Å². The van der Waals surface area contributed by atoms with E-state index in [2.05, 4.69) is 10.1 Å². The zero-order valence-corrected chi connectivity index (χ0v) is 18.5. The summed E-state index contributed by atoms with van der Waals surface area (Å²) in [5.41, 5.74) is 1.38. The average molecular weight is 495 g/mol. The second-order valence-corrected chi connectivity index (χ2v) is 8.72. The molecule has 2 saturated heterocycles. The molecule has 0 aromatic heterocycles. The summed E-state index contributed by atoms with van der Waals surface area (Å²) < 4.78 is 46.4. The molecule has 4 rings (SSSR count). The highest BCUT2D eigenvalue weighted by Gasteiger charge is 2.33. The monoisotopic (exact) mass is 495 g/mol. The van der Waals surface area contributed by atoms with Crippen molar-refractivity contribution >= 4 is 34.6 Å². The van der Waals surface area contributed by atoms with Gasteiger partial charge in [0.1, 0.15) is 18.1 Å². The van der Waals surface area contributed by atoms with Crippen molar-refractivity contribution in [1.29, 1.82) is 0 Å². The third kappa shape index (κ3) is 5.93. The Morgan fingerprint density at radius 2 is 1.65 bits per heavy atom. The molecule has 180 valence electrons. The summed E-state index contributed by atoms with van der Waals surface area (Å²) in [4.78, 5) is 38.7. The summed E-state index contributed by atoms with van der Waals surface area (Å²) in [6.07, 6.45) is -4.34. The number of urea groups is 1. The van der Waals surface area contributed by atoms with Gasteiger partial charge in [-0.05, 0) is 48.4 Å². The Morgan fingerprint density at radius 3 is 2.26 bits per heavy atom. The Bertz CT molecular complexity index is 1060. The Hall–Kier alpha value is -3.41. The number of amides is 4. The van der Waals surface area contributed by atoms with Gasteiger partial charge in [-0.1, -0.05) is 23.9 Å². The van der Waals surface area contributed by atoms with E-state index in [9.17, 15) is 27.6 Å². The highest BCUT2D eigenvalue weighted by Crippen LogP contribution is 2.27. The molecule has 12 heteroatoms. The van der Waals surface area contributed by atoms with E-state index in [1.54, 1.807) is 17.0 Å². The third-order valence-corrected chi connectivity index (χ3v) is 6.20. The fraction of sp³-hybridized carbons (Fsp3) is 0.318. The van der Waals surface area contributed by atoms with Crippen LogP contribution in [0.2, 0.25) is 0 Å². The number of nitrogens with zero attached hydrogens (tertiary/aromatic N) is 2. The van der Waals surface area contributed by atoms with Crippen LogP contribution in [0, 0.1) is 0 Å². The van der Waals surface area contributed by atoms with Gasteiger partial charge in [-0.3, -0.25) is 19.8 Å². The largest absolute Gasteiger partial charge is 0.573 e. The zero-order valence-electron chi connectivity index (χ0n) is 17.7. The minimum Gasteiger partial charge on any atom is -0.492 e. The number of benzene rings is 2. The second kappa shape index (κ2) is 9.84. The standard InChI is InChI=1S/C22H20F3N3O5S/c23-22(24,25)33-17-7-3-15(4-8-17)28-10-9-27(21(28)31)11-12-32-16-5-1-14(2-6-16)13-18-19(29)26-20(30)34-18/h1-8,18H,9-13H2,(H,26,29,30). The number of imide groups is 1. The van der Waals surface area contributed by atoms with Crippen LogP contribution in [-0.4, -0.2) is 59.9 Å². The lowest BCUT2D eigenvalue weighted by Crippen LogP contribution is -2.34. The topological polar surface area (TPSA) is 88.2 Å². The van der Waals surface area contributed by atoms with Gasteiger partial charge in [-0.25, -0.2) is 4.79 Å². The molecule has 4 amide bonds. The fourth-order valence-corrected chi connectivity index (χ4v) is 4.45. The lowest BCUT2D eigenvalue weighted by atomic mass is 10.1. The molecule has 8 nitrogen and oxygen atoms in total. The van der Waals surface area contributed by atoms with Crippen molar-refractivity contribution in [2.75, 3.05) is 31.1 Å². The molecule has 0 spiro atoms. The van der Waals surface area contributed by atoms with Crippen molar-refractivity contribution in [3.63, 3.8) is 0 Å². The van der Waals surface area contributed by atoms with Crippen molar-refractivity contribution in [2.24, 2.45) is 0 Å². The predicted octanol–water partition coefficient (Wildman–Crippen LogP) is 3.80. The van der Waals surface area contributed by atoms with Crippen LogP contribution in [0.4, 0.5) is 28.4 Å². The number of ether oxygens (including phenoxy) is 2. The van der Waals surface area contributed by atoms with E-state index in [-0.39, 0.29) is 29.5 Å². The van der Waals surface area contributed by atoms with E-state index in [0.29, 0.717) is 37.5 Å². The number of hydrogen-bond acceptors (Lipinski definition) is 6. The summed E-state index contributed by atoms with van der Waals surface area (Å²) in [5.74, 6) is -0.0322. The smallest absolute Gasteiger partial charge is 0.492 e. The first-order valence-corrected chi connectivity index (χ1v) is 11.2. The Balaban J connectivity index is 1.23. The van der Waals surface area contributed by atoms with Crippen molar-refractivity contribution in [3.8, 4) is 11.5 Å². The number of hydrogen-bond donors (Lipinski definition) is 1. The van der Waals surface area contributed by atoms with Crippen LogP contribution in [-0.2, 0) is 11.2 Å². The van der Waals surface area contributed by atoms with Crippen molar-refractivity contribution in [2.45, 2.75) is 18.0 Å². The molecule has 2 fully saturated rings. The highest BCUT2D eigenvalue weighted by atomic mass is 32.2. The van der Waals surface area contributed by atoms with Gasteiger partial charge in [-0.15, -0.1) is 13.2 Å². The predicted molar refractivity (Wildman–Crippen MR) is 118 cm³/mol. The molecule has 2 aliphatic rings. The summed E-state index contributed by atoms with van der Waals surface area (Å²) in [5, 5.41) is 1.49. The van der Waals surface area contributed by atoms with Crippen LogP contribution in [0.25, 0.3) is 0 Å². The van der Waals surface area contributed by atoms with Crippen LogP contribution in [0.15, 0.2) is 48.5 Å². The zero-order chi connectivity index (χ0) is 24.3. The number of nitrogens with one attached hydrogen (secondary N) is 1. The van der Waals surface area contributed by atoms with Crippen LogP contribution >= 0.6 is 11.8 Å². The molecule has 2 aromatic rings. The van der Waals surface area contributed by atoms with Gasteiger partial charge in [0.05, 0.1) is 11.8 Å². The number of alkyl halides is 3.